The predicted molar refractivity (Wildman–Crippen MR) is 74.5 cm³/mol. The molecule has 0 aromatic heterocycles. The van der Waals surface area contributed by atoms with Gasteiger partial charge in [0.05, 0.1) is 6.54 Å². The van der Waals surface area contributed by atoms with Gasteiger partial charge in [0.15, 0.2) is 0 Å². The summed E-state index contributed by atoms with van der Waals surface area (Å²) >= 11 is 0. The lowest BCUT2D eigenvalue weighted by Gasteiger charge is -2.19. The van der Waals surface area contributed by atoms with Crippen LogP contribution in [0.25, 0.3) is 10.8 Å². The number of carbonyl (C=O) groups is 1. The first-order valence-corrected chi connectivity index (χ1v) is 6.33. The Kier molecular flexibility index (Phi) is 4.70. The normalized spacial score (nSPS) is 11.3. The highest BCUT2D eigenvalue weighted by Gasteiger charge is 2.15. The third-order valence-electron chi connectivity index (χ3n) is 3.05. The molecule has 0 bridgehead atoms. The van der Waals surface area contributed by atoms with Gasteiger partial charge in [-0.25, -0.2) is 0 Å². The van der Waals surface area contributed by atoms with Crippen LogP contribution >= 0.6 is 0 Å². The van der Waals surface area contributed by atoms with E-state index in [1.807, 2.05) is 12.1 Å². The lowest BCUT2D eigenvalue weighted by Crippen LogP contribution is -2.25. The van der Waals surface area contributed by atoms with Crippen LogP contribution in [0.1, 0.15) is 5.56 Å². The molecule has 0 spiro atoms. The van der Waals surface area contributed by atoms with Crippen LogP contribution < -0.4 is 4.74 Å². The van der Waals surface area contributed by atoms with Crippen LogP contribution in [-0.4, -0.2) is 36.2 Å². The predicted octanol–water partition coefficient (Wildman–Crippen LogP) is 2.96. The molecule has 2 aromatic rings. The fourth-order valence-electron chi connectivity index (χ4n) is 2.24. The molecule has 6 heteroatoms. The second-order valence-electron chi connectivity index (χ2n) is 4.71. The quantitative estimate of drug-likeness (QED) is 0.890. The highest BCUT2D eigenvalue weighted by atomic mass is 19.3. The van der Waals surface area contributed by atoms with Gasteiger partial charge in [-0.15, -0.1) is 0 Å². The summed E-state index contributed by atoms with van der Waals surface area (Å²) in [6, 6.07) is 10.5. The molecule has 1 N–H and O–H groups in total. The van der Waals surface area contributed by atoms with Gasteiger partial charge in [-0.3, -0.25) is 9.69 Å². The van der Waals surface area contributed by atoms with Crippen LogP contribution in [0.5, 0.6) is 5.75 Å². The van der Waals surface area contributed by atoms with Crippen LogP contribution in [0.15, 0.2) is 36.4 Å². The van der Waals surface area contributed by atoms with Crippen molar-refractivity contribution in [3.8, 4) is 5.75 Å². The maximum absolute atomic E-state index is 12.5. The number of hydrogen-bond acceptors (Lipinski definition) is 3. The van der Waals surface area contributed by atoms with E-state index in [1.165, 1.54) is 11.0 Å². The van der Waals surface area contributed by atoms with Crippen LogP contribution in [0, 0.1) is 0 Å². The largest absolute Gasteiger partial charge is 0.480 e. The molecule has 21 heavy (non-hydrogen) atoms. The SMILES string of the molecule is CN(CC(=O)O)Cc1c(OC(F)F)ccc2ccccc12. The van der Waals surface area contributed by atoms with E-state index in [0.717, 1.165) is 10.8 Å². The van der Waals surface area contributed by atoms with Gasteiger partial charge in [0.1, 0.15) is 5.75 Å². The van der Waals surface area contributed by atoms with Gasteiger partial charge in [-0.2, -0.15) is 8.78 Å². The zero-order valence-electron chi connectivity index (χ0n) is 11.4. The molecule has 0 aliphatic heterocycles. The number of halogens is 2. The minimum atomic E-state index is -2.92. The molecule has 0 saturated heterocycles. The molecule has 0 aliphatic carbocycles. The van der Waals surface area contributed by atoms with Gasteiger partial charge in [-0.05, 0) is 23.9 Å². The first-order valence-electron chi connectivity index (χ1n) is 6.33. The third kappa shape index (κ3) is 3.88. The Bertz CT molecular complexity index is 646. The molecule has 0 heterocycles. The number of likely N-dealkylation sites (N-methyl/N-ethyl adjacent to an activating group) is 1. The molecule has 0 atom stereocenters. The summed E-state index contributed by atoms with van der Waals surface area (Å²) in [5.74, 6) is -0.907. The zero-order chi connectivity index (χ0) is 15.4. The van der Waals surface area contributed by atoms with E-state index in [9.17, 15) is 13.6 Å². The average Bonchev–Trinajstić information content (AvgIpc) is 2.40. The van der Waals surface area contributed by atoms with Crippen molar-refractivity contribution in [3.63, 3.8) is 0 Å². The topological polar surface area (TPSA) is 49.8 Å². The fraction of sp³-hybridized carbons (Fsp3) is 0.267. The monoisotopic (exact) mass is 295 g/mol. The minimum absolute atomic E-state index is 0.0703. The van der Waals surface area contributed by atoms with Crippen molar-refractivity contribution < 1.29 is 23.4 Å². The number of nitrogens with zero attached hydrogens (tertiary/aromatic N) is 1. The second kappa shape index (κ2) is 6.49. The molecule has 0 amide bonds. The lowest BCUT2D eigenvalue weighted by atomic mass is 10.0. The number of hydrogen-bond donors (Lipinski definition) is 1. The molecule has 112 valence electrons. The summed E-state index contributed by atoms with van der Waals surface area (Å²) in [5.41, 5.74) is 0.553. The Hall–Kier alpha value is -2.21. The van der Waals surface area contributed by atoms with Gasteiger partial charge >= 0.3 is 12.6 Å². The summed E-state index contributed by atoms with van der Waals surface area (Å²) in [6.45, 7) is -2.90. The van der Waals surface area contributed by atoms with Crippen molar-refractivity contribution in [3.05, 3.63) is 42.0 Å². The van der Waals surface area contributed by atoms with Crippen molar-refractivity contribution in [2.75, 3.05) is 13.6 Å². The maximum atomic E-state index is 12.5. The van der Waals surface area contributed by atoms with E-state index in [4.69, 9.17) is 5.11 Å². The summed E-state index contributed by atoms with van der Waals surface area (Å²) in [6.07, 6.45) is 0. The number of alkyl halides is 2. The van der Waals surface area contributed by atoms with E-state index < -0.39 is 12.6 Å². The number of ether oxygens (including phenoxy) is 1. The summed E-state index contributed by atoms with van der Waals surface area (Å²) in [4.78, 5) is 12.3. The Balaban J connectivity index is 2.42. The van der Waals surface area contributed by atoms with Gasteiger partial charge in [0.2, 0.25) is 0 Å². The molecular weight excluding hydrogens is 280 g/mol. The highest BCUT2D eigenvalue weighted by Crippen LogP contribution is 2.30. The fourth-order valence-corrected chi connectivity index (χ4v) is 2.24. The molecule has 0 unspecified atom stereocenters. The molecule has 2 aromatic carbocycles. The number of carboxylic acids is 1. The third-order valence-corrected chi connectivity index (χ3v) is 3.05. The molecular formula is C15H15F2NO3. The molecule has 0 saturated carbocycles. The van der Waals surface area contributed by atoms with Crippen LogP contribution in [0.4, 0.5) is 8.78 Å². The van der Waals surface area contributed by atoms with Crippen molar-refractivity contribution in [2.24, 2.45) is 0 Å². The smallest absolute Gasteiger partial charge is 0.387 e. The maximum Gasteiger partial charge on any atom is 0.387 e. The Morgan fingerprint density at radius 3 is 2.67 bits per heavy atom. The van der Waals surface area contributed by atoms with Gasteiger partial charge in [-0.1, -0.05) is 30.3 Å². The number of fused-ring (bicyclic) bond motifs is 1. The summed E-state index contributed by atoms with van der Waals surface area (Å²) < 4.78 is 29.6. The molecule has 0 radical (unpaired) electrons. The standard InChI is InChI=1S/C15H15F2NO3/c1-18(9-14(19)20)8-12-11-5-3-2-4-10(11)6-7-13(12)21-15(16)17/h2-7,15H,8-9H2,1H3,(H,19,20). The number of benzene rings is 2. The van der Waals surface area contributed by atoms with E-state index in [1.54, 1.807) is 25.2 Å². The Morgan fingerprint density at radius 2 is 2.00 bits per heavy atom. The molecule has 4 nitrogen and oxygen atoms in total. The summed E-state index contributed by atoms with van der Waals surface area (Å²) in [5, 5.41) is 10.5. The minimum Gasteiger partial charge on any atom is -0.480 e. The van der Waals surface area contributed by atoms with E-state index in [0.29, 0.717) is 5.56 Å². The highest BCUT2D eigenvalue weighted by molar-refractivity contribution is 5.87. The van der Waals surface area contributed by atoms with Gasteiger partial charge < -0.3 is 9.84 Å². The van der Waals surface area contributed by atoms with Crippen molar-refractivity contribution >= 4 is 16.7 Å². The second-order valence-corrected chi connectivity index (χ2v) is 4.71. The van der Waals surface area contributed by atoms with Crippen molar-refractivity contribution in [2.45, 2.75) is 13.2 Å². The average molecular weight is 295 g/mol. The van der Waals surface area contributed by atoms with Crippen molar-refractivity contribution in [1.82, 2.24) is 4.90 Å². The number of carboxylic acid groups (broad SMARTS) is 1. The van der Waals surface area contributed by atoms with E-state index in [-0.39, 0.29) is 18.8 Å². The zero-order valence-corrected chi connectivity index (χ0v) is 11.4. The number of aliphatic carboxylic acids is 1. The Labute approximate surface area is 120 Å². The molecule has 0 fully saturated rings. The van der Waals surface area contributed by atoms with Gasteiger partial charge in [0.25, 0.3) is 0 Å². The first kappa shape index (κ1) is 15.2. The number of rotatable bonds is 6. The molecule has 2 rings (SSSR count). The summed E-state index contributed by atoms with van der Waals surface area (Å²) in [7, 11) is 1.61. The van der Waals surface area contributed by atoms with Crippen molar-refractivity contribution in [1.29, 1.82) is 0 Å². The van der Waals surface area contributed by atoms with Crippen LogP contribution in [0.3, 0.4) is 0 Å². The lowest BCUT2D eigenvalue weighted by molar-refractivity contribution is -0.138. The van der Waals surface area contributed by atoms with E-state index in [2.05, 4.69) is 4.74 Å². The van der Waals surface area contributed by atoms with Gasteiger partial charge in [0, 0.05) is 12.1 Å². The first-order chi connectivity index (χ1) is 9.97. The molecule has 0 aliphatic rings. The van der Waals surface area contributed by atoms with E-state index >= 15 is 0 Å². The Morgan fingerprint density at radius 1 is 1.29 bits per heavy atom. The van der Waals surface area contributed by atoms with Crippen LogP contribution in [0.2, 0.25) is 0 Å². The van der Waals surface area contributed by atoms with Crippen LogP contribution in [-0.2, 0) is 11.3 Å².